The second kappa shape index (κ2) is 8.98. The van der Waals surface area contributed by atoms with E-state index in [9.17, 15) is 19.5 Å². The van der Waals surface area contributed by atoms with Gasteiger partial charge in [0, 0.05) is 29.0 Å². The van der Waals surface area contributed by atoms with Crippen molar-refractivity contribution < 1.29 is 28.7 Å². The van der Waals surface area contributed by atoms with Gasteiger partial charge in [0.2, 0.25) is 11.2 Å². The smallest absolute Gasteiger partial charge is 0.352 e. The van der Waals surface area contributed by atoms with Gasteiger partial charge in [-0.2, -0.15) is 4.40 Å². The van der Waals surface area contributed by atoms with E-state index < -0.39 is 29.2 Å². The number of aromatic nitrogens is 3. The molecular formula is C20H20N7O5S3+. The fourth-order valence-electron chi connectivity index (χ4n) is 4.08. The summed E-state index contributed by atoms with van der Waals surface area (Å²) in [7, 11) is 1.29. The van der Waals surface area contributed by atoms with Gasteiger partial charge in [-0.3, -0.25) is 14.5 Å². The van der Waals surface area contributed by atoms with Crippen LogP contribution in [0.3, 0.4) is 0 Å². The Labute approximate surface area is 210 Å². The van der Waals surface area contributed by atoms with E-state index >= 15 is 0 Å². The number of nitrogens with one attached hydrogen (secondary N) is 1. The molecule has 182 valence electrons. The number of carbonyl (C=O) groups is 3. The minimum atomic E-state index is -1.18. The van der Waals surface area contributed by atoms with E-state index in [0.717, 1.165) is 21.9 Å². The Bertz CT molecular complexity index is 1420. The second-order valence-electron chi connectivity index (χ2n) is 7.76. The lowest BCUT2D eigenvalue weighted by atomic mass is 10.0. The largest absolute Gasteiger partial charge is 0.477 e. The van der Waals surface area contributed by atoms with Crippen molar-refractivity contribution in [2.24, 2.45) is 5.16 Å². The number of carboxylic acid groups (broad SMARTS) is 1. The van der Waals surface area contributed by atoms with Gasteiger partial charge in [0.1, 0.15) is 42.7 Å². The number of thiazole rings is 2. The Balaban J connectivity index is 1.37. The molecule has 0 radical (unpaired) electrons. The number of nitrogen functional groups attached to an aromatic ring is 1. The van der Waals surface area contributed by atoms with E-state index in [2.05, 4.69) is 15.5 Å². The van der Waals surface area contributed by atoms with Gasteiger partial charge in [0.15, 0.2) is 16.5 Å². The third-order valence-corrected chi connectivity index (χ3v) is 8.70. The molecule has 0 unspecified atom stereocenters. The number of anilines is 1. The molecule has 3 aromatic rings. The standard InChI is InChI=1S/C20H19N7O5S3/c1-9-17-25(3-4-33-17)8-26(9)5-10-6-34-18-13(16(29)27(18)14(10)19(30)31)23-15(28)12(24-32-2)11-7-35-20(21)22-11/h3-4,7-8,13,18H,5-6H2,1-2H3,(H3-,21,22,23,28,30,31)/p+1/b24-12-/t13-,18-/m1/s1. The van der Waals surface area contributed by atoms with Gasteiger partial charge in [-0.1, -0.05) is 16.5 Å². The summed E-state index contributed by atoms with van der Waals surface area (Å²) in [4.78, 5) is 49.2. The van der Waals surface area contributed by atoms with Crippen molar-refractivity contribution in [1.82, 2.24) is 19.8 Å². The summed E-state index contributed by atoms with van der Waals surface area (Å²) in [5, 5.41) is 19.6. The highest BCUT2D eigenvalue weighted by Crippen LogP contribution is 2.41. The molecule has 2 aliphatic heterocycles. The molecule has 0 spiro atoms. The highest BCUT2D eigenvalue weighted by Gasteiger charge is 2.54. The van der Waals surface area contributed by atoms with Gasteiger partial charge in [-0.25, -0.2) is 14.3 Å². The monoisotopic (exact) mass is 534 g/mol. The van der Waals surface area contributed by atoms with E-state index in [-0.39, 0.29) is 22.2 Å². The number of hydrogen-bond donors (Lipinski definition) is 3. The van der Waals surface area contributed by atoms with Gasteiger partial charge in [0.05, 0.1) is 0 Å². The predicted octanol–water partition coefficient (Wildman–Crippen LogP) is 0.425. The van der Waals surface area contributed by atoms with Gasteiger partial charge in [-0.15, -0.1) is 23.1 Å². The van der Waals surface area contributed by atoms with E-state index in [1.54, 1.807) is 16.7 Å². The molecule has 12 nitrogen and oxygen atoms in total. The van der Waals surface area contributed by atoms with Gasteiger partial charge < -0.3 is 21.0 Å². The van der Waals surface area contributed by atoms with Crippen LogP contribution in [0.5, 0.6) is 0 Å². The molecule has 2 amide bonds. The van der Waals surface area contributed by atoms with Crippen molar-refractivity contribution in [2.75, 3.05) is 18.6 Å². The first-order valence-electron chi connectivity index (χ1n) is 10.3. The number of aryl methyl sites for hydroxylation is 1. The molecule has 5 heterocycles. The van der Waals surface area contributed by atoms with Crippen LogP contribution in [-0.2, 0) is 25.8 Å². The maximum atomic E-state index is 13.0. The molecule has 5 rings (SSSR count). The molecule has 15 heteroatoms. The number of nitrogens with two attached hydrogens (primary N) is 1. The molecule has 1 saturated heterocycles. The number of thioether (sulfide) groups is 1. The van der Waals surface area contributed by atoms with E-state index in [1.807, 2.05) is 33.8 Å². The Kier molecular flexibility index (Phi) is 5.98. The summed E-state index contributed by atoms with van der Waals surface area (Å²) in [5.74, 6) is -1.94. The van der Waals surface area contributed by atoms with Gasteiger partial charge >= 0.3 is 5.97 Å². The van der Waals surface area contributed by atoms with Crippen molar-refractivity contribution in [2.45, 2.75) is 24.9 Å². The van der Waals surface area contributed by atoms with Crippen molar-refractivity contribution >= 4 is 67.9 Å². The van der Waals surface area contributed by atoms with Crippen LogP contribution in [0.1, 0.15) is 11.4 Å². The number of amides is 2. The first kappa shape index (κ1) is 23.3. The fraction of sp³-hybridized carbons (Fsp3) is 0.300. The highest BCUT2D eigenvalue weighted by atomic mass is 32.2. The lowest BCUT2D eigenvalue weighted by Crippen LogP contribution is -2.71. The van der Waals surface area contributed by atoms with Crippen LogP contribution in [0.15, 0.2) is 39.7 Å². The zero-order valence-corrected chi connectivity index (χ0v) is 20.9. The normalized spacial score (nSPS) is 20.1. The number of fused-ring (bicyclic) bond motifs is 2. The van der Waals surface area contributed by atoms with Crippen LogP contribution in [-0.4, -0.2) is 67.3 Å². The van der Waals surface area contributed by atoms with Crippen molar-refractivity contribution in [3.63, 3.8) is 0 Å². The summed E-state index contributed by atoms with van der Waals surface area (Å²) in [6, 6.07) is -0.907. The molecule has 0 aromatic carbocycles. The molecule has 0 saturated carbocycles. The zero-order valence-electron chi connectivity index (χ0n) is 18.5. The molecule has 0 bridgehead atoms. The van der Waals surface area contributed by atoms with Crippen LogP contribution in [0.2, 0.25) is 0 Å². The second-order valence-corrected chi connectivity index (χ2v) is 10.6. The maximum Gasteiger partial charge on any atom is 0.352 e. The molecule has 0 aliphatic carbocycles. The van der Waals surface area contributed by atoms with Crippen LogP contribution in [0, 0.1) is 6.92 Å². The van der Waals surface area contributed by atoms with Gasteiger partial charge in [0.25, 0.3) is 11.8 Å². The Morgan fingerprint density at radius 2 is 2.23 bits per heavy atom. The Morgan fingerprint density at radius 3 is 2.89 bits per heavy atom. The zero-order chi connectivity index (χ0) is 24.9. The van der Waals surface area contributed by atoms with Crippen LogP contribution < -0.4 is 15.5 Å². The molecule has 35 heavy (non-hydrogen) atoms. The third-order valence-electron chi connectivity index (χ3n) is 5.70. The highest BCUT2D eigenvalue weighted by molar-refractivity contribution is 8.00. The SMILES string of the molecule is CO/N=C(\C(=O)N[C@@H]1C(=O)N2C(C(=O)O)=C(Cn3c[n+]4ccsc4c3C)CS[C@H]12)c1csc(N)n1. The lowest BCUT2D eigenvalue weighted by Gasteiger charge is -2.49. The van der Waals surface area contributed by atoms with E-state index in [1.165, 1.54) is 23.8 Å². The Morgan fingerprint density at radius 1 is 1.43 bits per heavy atom. The number of β-lactam (4-membered cyclic amide) rings is 1. The number of rotatable bonds is 7. The topological polar surface area (TPSA) is 156 Å². The van der Waals surface area contributed by atoms with E-state index in [4.69, 9.17) is 10.6 Å². The first-order valence-corrected chi connectivity index (χ1v) is 13.1. The number of carbonyl (C=O) groups excluding carboxylic acids is 2. The number of oxime groups is 1. The minimum Gasteiger partial charge on any atom is -0.477 e. The van der Waals surface area contributed by atoms with Crippen molar-refractivity contribution in [1.29, 1.82) is 0 Å². The summed E-state index contributed by atoms with van der Waals surface area (Å²) in [5.41, 5.74) is 7.35. The number of carboxylic acids is 1. The van der Waals surface area contributed by atoms with Crippen molar-refractivity contribution in [3.8, 4) is 0 Å². The van der Waals surface area contributed by atoms with Crippen LogP contribution in [0.4, 0.5) is 5.13 Å². The summed E-state index contributed by atoms with van der Waals surface area (Å²) >= 11 is 4.14. The van der Waals surface area contributed by atoms with Gasteiger partial charge in [-0.05, 0) is 0 Å². The number of hydrogen-bond acceptors (Lipinski definition) is 10. The van der Waals surface area contributed by atoms with E-state index in [0.29, 0.717) is 17.9 Å². The third kappa shape index (κ3) is 3.94. The summed E-state index contributed by atoms with van der Waals surface area (Å²) < 4.78 is 3.96. The van der Waals surface area contributed by atoms with Crippen LogP contribution in [0.25, 0.3) is 4.83 Å². The average molecular weight is 535 g/mol. The quantitative estimate of drug-likeness (QED) is 0.170. The molecular weight excluding hydrogens is 514 g/mol. The summed E-state index contributed by atoms with van der Waals surface area (Å²) in [6.45, 7) is 2.32. The lowest BCUT2D eigenvalue weighted by molar-refractivity contribution is -0.508. The fourth-order valence-corrected chi connectivity index (χ4v) is 6.80. The number of imidazole rings is 1. The number of nitrogens with zero attached hydrogens (tertiary/aromatic N) is 5. The van der Waals surface area contributed by atoms with Crippen molar-refractivity contribution in [3.05, 3.63) is 45.9 Å². The minimum absolute atomic E-state index is 0.0382. The molecule has 1 fully saturated rings. The molecule has 2 aliphatic rings. The summed E-state index contributed by atoms with van der Waals surface area (Å²) in [6.07, 6.45) is 3.85. The average Bonchev–Trinajstić information content (AvgIpc) is 3.54. The molecule has 2 atom stereocenters. The van der Waals surface area contributed by atoms with Crippen LogP contribution >= 0.6 is 34.4 Å². The first-order chi connectivity index (χ1) is 16.8. The molecule has 4 N–H and O–H groups in total. The maximum absolute atomic E-state index is 13.0. The number of aliphatic carboxylic acids is 1. The molecule has 3 aromatic heterocycles. The Hall–Kier alpha value is -3.43. The predicted molar refractivity (Wildman–Crippen MR) is 130 cm³/mol.